The van der Waals surface area contributed by atoms with Crippen LogP contribution in [0.5, 0.6) is 0 Å². The van der Waals surface area contributed by atoms with E-state index in [1.807, 2.05) is 12.1 Å². The number of aliphatic hydroxyl groups excluding tert-OH is 1. The number of hydrogen-bond donors (Lipinski definition) is 1. The van der Waals surface area contributed by atoms with Crippen molar-refractivity contribution in [2.45, 2.75) is 39.2 Å². The van der Waals surface area contributed by atoms with Crippen LogP contribution < -0.4 is 0 Å². The molecule has 0 saturated carbocycles. The SMILES string of the molecule is CC1(C)CC(Cc2cccc(F)c2Br)=CC(O)C1. The summed E-state index contributed by atoms with van der Waals surface area (Å²) >= 11 is 3.29. The summed E-state index contributed by atoms with van der Waals surface area (Å²) in [6.07, 6.45) is 3.98. The van der Waals surface area contributed by atoms with E-state index >= 15 is 0 Å². The minimum Gasteiger partial charge on any atom is -0.389 e. The molecule has 1 unspecified atom stereocenters. The summed E-state index contributed by atoms with van der Waals surface area (Å²) in [4.78, 5) is 0. The van der Waals surface area contributed by atoms with Crippen molar-refractivity contribution in [2.75, 3.05) is 0 Å². The minimum absolute atomic E-state index is 0.114. The highest BCUT2D eigenvalue weighted by molar-refractivity contribution is 9.10. The van der Waals surface area contributed by atoms with E-state index in [-0.39, 0.29) is 17.3 Å². The molecule has 0 spiro atoms. The molecule has 0 aromatic heterocycles. The third-order valence-electron chi connectivity index (χ3n) is 3.34. The maximum atomic E-state index is 13.4. The molecular weight excluding hydrogens is 295 g/mol. The van der Waals surface area contributed by atoms with Gasteiger partial charge in [0, 0.05) is 0 Å². The van der Waals surface area contributed by atoms with Gasteiger partial charge in [0.25, 0.3) is 0 Å². The lowest BCUT2D eigenvalue weighted by molar-refractivity contribution is 0.138. The summed E-state index contributed by atoms with van der Waals surface area (Å²) in [6, 6.07) is 5.09. The Morgan fingerprint density at radius 2 is 2.17 bits per heavy atom. The lowest BCUT2D eigenvalue weighted by Gasteiger charge is -2.32. The van der Waals surface area contributed by atoms with Crippen molar-refractivity contribution in [1.29, 1.82) is 0 Å². The van der Waals surface area contributed by atoms with Crippen LogP contribution in [0.4, 0.5) is 4.39 Å². The van der Waals surface area contributed by atoms with Crippen molar-refractivity contribution in [3.05, 3.63) is 45.7 Å². The molecule has 0 heterocycles. The molecule has 1 aliphatic carbocycles. The molecule has 0 radical (unpaired) electrons. The van der Waals surface area contributed by atoms with E-state index < -0.39 is 0 Å². The summed E-state index contributed by atoms with van der Waals surface area (Å²) in [5, 5.41) is 9.85. The Balaban J connectivity index is 2.21. The maximum Gasteiger partial charge on any atom is 0.137 e. The minimum atomic E-state index is -0.379. The van der Waals surface area contributed by atoms with Gasteiger partial charge in [-0.05, 0) is 52.2 Å². The van der Waals surface area contributed by atoms with Crippen molar-refractivity contribution in [1.82, 2.24) is 0 Å². The van der Waals surface area contributed by atoms with Crippen molar-refractivity contribution >= 4 is 15.9 Å². The van der Waals surface area contributed by atoms with Gasteiger partial charge in [-0.2, -0.15) is 0 Å². The number of rotatable bonds is 2. The summed E-state index contributed by atoms with van der Waals surface area (Å²) < 4.78 is 14.0. The molecule has 0 saturated heterocycles. The highest BCUT2D eigenvalue weighted by Gasteiger charge is 2.27. The number of allylic oxidation sites excluding steroid dienone is 1. The van der Waals surface area contributed by atoms with Crippen LogP contribution >= 0.6 is 15.9 Å². The Hall–Kier alpha value is -0.670. The predicted octanol–water partition coefficient (Wildman–Crippen LogP) is 4.24. The van der Waals surface area contributed by atoms with E-state index in [2.05, 4.69) is 29.8 Å². The highest BCUT2D eigenvalue weighted by atomic mass is 79.9. The zero-order valence-corrected chi connectivity index (χ0v) is 12.3. The Morgan fingerprint density at radius 1 is 1.44 bits per heavy atom. The molecule has 98 valence electrons. The van der Waals surface area contributed by atoms with E-state index in [1.165, 1.54) is 11.6 Å². The third kappa shape index (κ3) is 3.21. The normalized spacial score (nSPS) is 22.7. The van der Waals surface area contributed by atoms with Crippen LogP contribution in [0, 0.1) is 11.2 Å². The smallest absolute Gasteiger partial charge is 0.137 e. The summed E-state index contributed by atoms with van der Waals surface area (Å²) in [6.45, 7) is 4.31. The highest BCUT2D eigenvalue weighted by Crippen LogP contribution is 2.37. The van der Waals surface area contributed by atoms with Crippen molar-refractivity contribution in [3.8, 4) is 0 Å². The largest absolute Gasteiger partial charge is 0.389 e. The van der Waals surface area contributed by atoms with E-state index in [4.69, 9.17) is 0 Å². The van der Waals surface area contributed by atoms with Crippen LogP contribution in [0.25, 0.3) is 0 Å². The average Bonchev–Trinajstić information content (AvgIpc) is 2.22. The molecule has 1 atom stereocenters. The van der Waals surface area contributed by atoms with E-state index in [9.17, 15) is 9.50 Å². The zero-order chi connectivity index (χ0) is 13.3. The van der Waals surface area contributed by atoms with Gasteiger partial charge in [-0.25, -0.2) is 4.39 Å². The molecule has 1 aromatic rings. The van der Waals surface area contributed by atoms with E-state index in [0.717, 1.165) is 18.4 Å². The molecule has 0 aliphatic heterocycles. The van der Waals surface area contributed by atoms with Gasteiger partial charge in [-0.1, -0.05) is 37.6 Å². The second-order valence-corrected chi connectivity index (χ2v) is 6.62. The fourth-order valence-electron chi connectivity index (χ4n) is 2.69. The summed E-state index contributed by atoms with van der Waals surface area (Å²) in [7, 11) is 0. The molecule has 3 heteroatoms. The first-order valence-electron chi connectivity index (χ1n) is 6.18. The monoisotopic (exact) mass is 312 g/mol. The first-order valence-corrected chi connectivity index (χ1v) is 6.97. The lowest BCUT2D eigenvalue weighted by Crippen LogP contribution is -2.25. The van der Waals surface area contributed by atoms with Crippen molar-refractivity contribution in [2.24, 2.45) is 5.41 Å². The van der Waals surface area contributed by atoms with Crippen LogP contribution in [-0.2, 0) is 6.42 Å². The lowest BCUT2D eigenvalue weighted by atomic mass is 9.75. The summed E-state index contributed by atoms with van der Waals surface area (Å²) in [5.74, 6) is -0.233. The van der Waals surface area contributed by atoms with Gasteiger partial charge in [0.1, 0.15) is 5.82 Å². The number of aliphatic hydroxyl groups is 1. The van der Waals surface area contributed by atoms with Gasteiger partial charge in [-0.15, -0.1) is 0 Å². The molecule has 0 amide bonds. The Kier molecular flexibility index (Phi) is 3.93. The van der Waals surface area contributed by atoms with Gasteiger partial charge in [-0.3, -0.25) is 0 Å². The Labute approximate surface area is 116 Å². The van der Waals surface area contributed by atoms with Gasteiger partial charge < -0.3 is 5.11 Å². The van der Waals surface area contributed by atoms with E-state index in [0.29, 0.717) is 10.9 Å². The Morgan fingerprint density at radius 3 is 2.83 bits per heavy atom. The van der Waals surface area contributed by atoms with Crippen LogP contribution in [0.3, 0.4) is 0 Å². The zero-order valence-electron chi connectivity index (χ0n) is 10.7. The van der Waals surface area contributed by atoms with Crippen LogP contribution in [0.1, 0.15) is 32.3 Å². The standard InChI is InChI=1S/C15H18BrFO/c1-15(2)8-10(7-12(18)9-15)6-11-4-3-5-13(17)14(11)16/h3-5,7,12,18H,6,8-9H2,1-2H3. The summed E-state index contributed by atoms with van der Waals surface area (Å²) in [5.41, 5.74) is 2.24. The molecule has 2 rings (SSSR count). The molecule has 0 fully saturated rings. The third-order valence-corrected chi connectivity index (χ3v) is 4.23. The topological polar surface area (TPSA) is 20.2 Å². The average molecular weight is 313 g/mol. The van der Waals surface area contributed by atoms with Crippen LogP contribution in [0.2, 0.25) is 0 Å². The van der Waals surface area contributed by atoms with Crippen molar-refractivity contribution < 1.29 is 9.50 Å². The number of hydrogen-bond acceptors (Lipinski definition) is 1. The molecule has 1 nitrogen and oxygen atoms in total. The van der Waals surface area contributed by atoms with Gasteiger partial charge in [0.05, 0.1) is 10.6 Å². The second kappa shape index (κ2) is 5.14. The maximum absolute atomic E-state index is 13.4. The first kappa shape index (κ1) is 13.8. The predicted molar refractivity (Wildman–Crippen MR) is 74.9 cm³/mol. The molecule has 1 aliphatic rings. The number of halogens is 2. The second-order valence-electron chi connectivity index (χ2n) is 5.83. The van der Waals surface area contributed by atoms with Gasteiger partial charge in [0.2, 0.25) is 0 Å². The van der Waals surface area contributed by atoms with Gasteiger partial charge in [0.15, 0.2) is 0 Å². The van der Waals surface area contributed by atoms with Crippen LogP contribution in [0.15, 0.2) is 34.3 Å². The van der Waals surface area contributed by atoms with E-state index in [1.54, 1.807) is 6.07 Å². The van der Waals surface area contributed by atoms with Crippen LogP contribution in [-0.4, -0.2) is 11.2 Å². The van der Waals surface area contributed by atoms with Gasteiger partial charge >= 0.3 is 0 Å². The molecule has 1 aromatic carbocycles. The van der Waals surface area contributed by atoms with Crippen molar-refractivity contribution in [3.63, 3.8) is 0 Å². The fraction of sp³-hybridized carbons (Fsp3) is 0.467. The molecule has 1 N–H and O–H groups in total. The first-order chi connectivity index (χ1) is 8.37. The fourth-order valence-corrected chi connectivity index (χ4v) is 3.10. The molecule has 0 bridgehead atoms. The Bertz CT molecular complexity index is 479. The quantitative estimate of drug-likeness (QED) is 0.810. The number of benzene rings is 1. The molecule has 18 heavy (non-hydrogen) atoms. The molecular formula is C15H18BrFO.